The maximum Gasteiger partial charge on any atom is 0.407 e. The first-order valence-electron chi connectivity index (χ1n) is 35.6. The number of hydrogen-bond acceptors (Lipinski definition) is 31. The van der Waals surface area contributed by atoms with E-state index in [1.165, 1.54) is 21.0 Å². The molecule has 4 fully saturated rings. The number of aliphatic hydroxyl groups is 7. The van der Waals surface area contributed by atoms with E-state index in [0.717, 1.165) is 27.9 Å². The highest BCUT2D eigenvalue weighted by Crippen LogP contribution is 2.33. The number of hydrogen-bond donors (Lipinski definition) is 14. The summed E-state index contributed by atoms with van der Waals surface area (Å²) in [5.41, 5.74) is -2.30. The number of unbranched alkanes of at least 4 members (excludes halogenated alkanes) is 9. The first-order valence-corrected chi connectivity index (χ1v) is 35.6. The SMILES string of the molecule is COCCOC(=O)NCCCCCCn1c(=O)n(CCCCCCNC(=O)OCC(O)COC[C@H]2C[C@@H](O[C@H]3O[C@@H](C(=O)O)C(OC)[C@H](O)[C@@H]3O)[C@H](NC(C)=O)[C@H](C)O2)c(=O)n(CCCCCCNC(=O)OCC(O)COC[C@@H]2O[C@@H](C)[C@@H](NC(C)=O)[C@H](O[C@H]3O[C@@H](C(=O)O)C(OC)[C@H](O)[C@@H]3O)C2O)c1=O. The van der Waals surface area contributed by atoms with Crippen molar-refractivity contribution in [2.45, 2.75) is 259 Å². The second kappa shape index (κ2) is 46.7. The van der Waals surface area contributed by atoms with Crippen molar-refractivity contribution in [1.82, 2.24) is 40.3 Å². The minimum Gasteiger partial charge on any atom is -0.479 e. The third-order valence-electron chi connectivity index (χ3n) is 17.9. The Morgan fingerprint density at radius 3 is 1.31 bits per heavy atom. The fourth-order valence-corrected chi connectivity index (χ4v) is 12.4. The van der Waals surface area contributed by atoms with E-state index in [1.54, 1.807) is 13.8 Å². The molecular formula is C65H110N8O33. The molecule has 5 heterocycles. The highest BCUT2D eigenvalue weighted by atomic mass is 16.7. The molecule has 0 saturated carbocycles. The molecule has 14 N–H and O–H groups in total. The second-order valence-electron chi connectivity index (χ2n) is 26.2. The van der Waals surface area contributed by atoms with Crippen molar-refractivity contribution >= 4 is 42.0 Å². The van der Waals surface area contributed by atoms with E-state index in [4.69, 9.17) is 66.3 Å². The number of rotatable bonds is 46. The Hall–Kier alpha value is -6.62. The molecule has 4 aliphatic rings. The molecule has 0 spiro atoms. The maximum atomic E-state index is 13.9. The van der Waals surface area contributed by atoms with Gasteiger partial charge in [-0.1, -0.05) is 38.5 Å². The third-order valence-corrected chi connectivity index (χ3v) is 17.9. The quantitative estimate of drug-likeness (QED) is 0.0217. The van der Waals surface area contributed by atoms with E-state index < -0.39 is 207 Å². The van der Waals surface area contributed by atoms with Crippen LogP contribution in [0.15, 0.2) is 14.4 Å². The van der Waals surface area contributed by atoms with Crippen molar-refractivity contribution in [1.29, 1.82) is 0 Å². The molecule has 0 bridgehead atoms. The summed E-state index contributed by atoms with van der Waals surface area (Å²) >= 11 is 0. The van der Waals surface area contributed by atoms with Crippen LogP contribution in [0.25, 0.3) is 0 Å². The van der Waals surface area contributed by atoms with Crippen LogP contribution in [0.5, 0.6) is 0 Å². The first-order chi connectivity index (χ1) is 50.5. The van der Waals surface area contributed by atoms with E-state index >= 15 is 0 Å². The van der Waals surface area contributed by atoms with Gasteiger partial charge in [-0.15, -0.1) is 0 Å². The normalized spacial score (nSPS) is 28.7. The van der Waals surface area contributed by atoms with Crippen LogP contribution in [0.1, 0.15) is 111 Å². The molecule has 4 saturated heterocycles. The summed E-state index contributed by atoms with van der Waals surface area (Å²) in [6.07, 6.45) is -23.0. The number of ether oxygens (including phenoxy) is 14. The number of aliphatic hydroxyl groups excluding tert-OH is 7. The molecule has 41 nitrogen and oxygen atoms in total. The number of nitrogens with zero attached hydrogens (tertiary/aromatic N) is 3. The van der Waals surface area contributed by atoms with Gasteiger partial charge in [0.2, 0.25) is 11.8 Å². The summed E-state index contributed by atoms with van der Waals surface area (Å²) in [6, 6.07) is -1.86. The molecule has 1 aromatic heterocycles. The van der Waals surface area contributed by atoms with E-state index in [2.05, 4.69) is 26.6 Å². The number of methoxy groups -OCH3 is 3. The van der Waals surface area contributed by atoms with Crippen molar-refractivity contribution in [2.24, 2.45) is 0 Å². The molecule has 21 atom stereocenters. The molecule has 5 unspecified atom stereocenters. The molecule has 106 heavy (non-hydrogen) atoms. The van der Waals surface area contributed by atoms with E-state index in [0.29, 0.717) is 83.6 Å². The Kier molecular flexibility index (Phi) is 39.6. The van der Waals surface area contributed by atoms with Crippen LogP contribution in [0.3, 0.4) is 0 Å². The number of aliphatic carboxylic acids is 2. The molecule has 608 valence electrons. The summed E-state index contributed by atoms with van der Waals surface area (Å²) in [4.78, 5) is 126. The molecule has 0 aromatic carbocycles. The van der Waals surface area contributed by atoms with Crippen LogP contribution in [0, 0.1) is 0 Å². The lowest BCUT2D eigenvalue weighted by molar-refractivity contribution is -0.328. The first kappa shape index (κ1) is 90.0. The topological polar surface area (TPSA) is 557 Å². The molecule has 4 aliphatic heterocycles. The zero-order valence-electron chi connectivity index (χ0n) is 60.9. The lowest BCUT2D eigenvalue weighted by atomic mass is 9.92. The van der Waals surface area contributed by atoms with Gasteiger partial charge in [-0.3, -0.25) is 9.59 Å². The number of alkyl carbamates (subject to hydrolysis) is 3. The summed E-state index contributed by atoms with van der Waals surface area (Å²) in [7, 11) is 3.75. The zero-order valence-corrected chi connectivity index (χ0v) is 60.9. The van der Waals surface area contributed by atoms with Crippen molar-refractivity contribution in [2.75, 3.05) is 93.8 Å². The van der Waals surface area contributed by atoms with Crippen LogP contribution in [0.2, 0.25) is 0 Å². The number of carbonyl (C=O) groups excluding carboxylic acids is 5. The van der Waals surface area contributed by atoms with Crippen LogP contribution < -0.4 is 43.7 Å². The van der Waals surface area contributed by atoms with Gasteiger partial charge in [-0.05, 0) is 52.4 Å². The number of carboxylic acid groups (broad SMARTS) is 2. The highest BCUT2D eigenvalue weighted by molar-refractivity contribution is 5.75. The van der Waals surface area contributed by atoms with Gasteiger partial charge in [0.25, 0.3) is 0 Å². The van der Waals surface area contributed by atoms with Crippen LogP contribution >= 0.6 is 0 Å². The maximum absolute atomic E-state index is 13.9. The number of carboxylic acids is 2. The van der Waals surface area contributed by atoms with Gasteiger partial charge >= 0.3 is 47.3 Å². The Labute approximate surface area is 610 Å². The van der Waals surface area contributed by atoms with Gasteiger partial charge in [-0.2, -0.15) is 0 Å². The lowest BCUT2D eigenvalue weighted by Gasteiger charge is -2.47. The summed E-state index contributed by atoms with van der Waals surface area (Å²) < 4.78 is 79.3. The zero-order chi connectivity index (χ0) is 78.2. The second-order valence-corrected chi connectivity index (χ2v) is 26.2. The molecule has 0 radical (unpaired) electrons. The van der Waals surface area contributed by atoms with E-state index in [9.17, 15) is 93.9 Å². The smallest absolute Gasteiger partial charge is 0.407 e. The molecule has 41 heteroatoms. The predicted octanol–water partition coefficient (Wildman–Crippen LogP) is -4.37. The van der Waals surface area contributed by atoms with Crippen molar-refractivity contribution in [3.8, 4) is 0 Å². The van der Waals surface area contributed by atoms with Gasteiger partial charge in [0.05, 0.1) is 69.5 Å². The molecule has 5 rings (SSSR count). The Balaban J connectivity index is 1.02. The van der Waals surface area contributed by atoms with Gasteiger partial charge in [-0.25, -0.2) is 52.1 Å². The fraction of sp³-hybridized carbons (Fsp3) is 0.846. The molecule has 5 amide bonds. The van der Waals surface area contributed by atoms with Crippen LogP contribution in [-0.2, 0) is 105 Å². The fourth-order valence-electron chi connectivity index (χ4n) is 12.4. The number of amides is 5. The van der Waals surface area contributed by atoms with E-state index in [1.807, 2.05) is 0 Å². The minimum atomic E-state index is -1.84. The molecule has 0 aliphatic carbocycles. The molecule has 1 aromatic rings. The summed E-state index contributed by atoms with van der Waals surface area (Å²) in [5, 5.41) is 108. The van der Waals surface area contributed by atoms with E-state index in [-0.39, 0.29) is 72.2 Å². The molecular weight excluding hydrogens is 1420 g/mol. The largest absolute Gasteiger partial charge is 0.479 e. The Morgan fingerprint density at radius 2 is 0.887 bits per heavy atom. The van der Waals surface area contributed by atoms with Crippen molar-refractivity contribution < 1.29 is 146 Å². The van der Waals surface area contributed by atoms with Gasteiger partial charge < -0.3 is 139 Å². The van der Waals surface area contributed by atoms with Gasteiger partial charge in [0.1, 0.15) is 87.0 Å². The van der Waals surface area contributed by atoms with Crippen molar-refractivity contribution in [3.05, 3.63) is 31.5 Å². The Bertz CT molecular complexity index is 3060. The number of aromatic nitrogens is 3. The van der Waals surface area contributed by atoms with Crippen LogP contribution in [0.4, 0.5) is 14.4 Å². The third kappa shape index (κ3) is 28.4. The Morgan fingerprint density at radius 1 is 0.481 bits per heavy atom. The summed E-state index contributed by atoms with van der Waals surface area (Å²) in [5.74, 6) is -3.97. The summed E-state index contributed by atoms with van der Waals surface area (Å²) in [6.45, 7) is 4.57. The number of nitrogens with one attached hydrogen (secondary N) is 5. The van der Waals surface area contributed by atoms with Gasteiger partial charge in [0.15, 0.2) is 24.8 Å². The monoisotopic (exact) mass is 1530 g/mol. The minimum absolute atomic E-state index is 0.00949. The standard InChI is InChI=1S/C65H110N8O33/c1-35-44(69-37(3)74)42(103-58-49(81)47(79)52(94-6)54(105-58)56(83)84)28-41(101-35)33-96-29-39(76)31-99-61(88)67-21-15-9-12-18-24-72-63(90)71(23-17-11-8-14-20-66-60(87)98-27-26-93-5)64(91)73(65(72)92)25-19-13-10-16-22-68-62(89)100-32-40(77)30-97-34-43-46(78)51(45(36(2)102-43)70-38(4)75)104-59-50(82)48(80)53(95-7)55(106-59)57(85)86/h35-36,39-55,58-59,76-82H,8-34H2,1-7H3,(H,66,87)(H,67,88)(H,68,89)(H,69,74)(H,70,75)(H,83,84)(H,85,86)/t35-,36-,39?,40?,41+,42+,43-,44+,45+,46?,47+,48+,49-,50-,51-,52?,53?,54+,55+,58-,59-/m0/s1. The highest BCUT2D eigenvalue weighted by Gasteiger charge is 2.54. The average Bonchev–Trinajstić information content (AvgIpc) is 0.796. The average molecular weight is 1530 g/mol. The lowest BCUT2D eigenvalue weighted by Crippen LogP contribution is -2.67. The van der Waals surface area contributed by atoms with Crippen molar-refractivity contribution in [3.63, 3.8) is 0 Å². The van der Waals surface area contributed by atoms with Gasteiger partial charge in [0, 0.05) is 80.9 Å². The number of carbonyl (C=O) groups is 7. The predicted molar refractivity (Wildman–Crippen MR) is 361 cm³/mol. The van der Waals surface area contributed by atoms with Crippen LogP contribution in [-0.4, -0.2) is 324 Å².